The monoisotopic (exact) mass is 312 g/mol. The number of benzene rings is 1. The molecule has 6 nitrogen and oxygen atoms in total. The average Bonchev–Trinajstić information content (AvgIpc) is 2.40. The number of nitrogens with one attached hydrogen (secondary N) is 1. The summed E-state index contributed by atoms with van der Waals surface area (Å²) in [6.07, 6.45) is 2.98. The minimum absolute atomic E-state index is 0.0364. The quantitative estimate of drug-likeness (QED) is 0.784. The molecular formula is C14H20N2O4S. The molecule has 0 aliphatic heterocycles. The maximum Gasteiger partial charge on any atom is 0.306 e. The van der Waals surface area contributed by atoms with Crippen LogP contribution in [-0.2, 0) is 14.8 Å². The van der Waals surface area contributed by atoms with Crippen LogP contribution in [0.25, 0.3) is 0 Å². The molecule has 1 aromatic rings. The normalized spacial score (nSPS) is 22.8. The van der Waals surface area contributed by atoms with Crippen LogP contribution < -0.4 is 10.5 Å². The van der Waals surface area contributed by atoms with E-state index in [9.17, 15) is 13.2 Å². The van der Waals surface area contributed by atoms with Gasteiger partial charge in [0.1, 0.15) is 0 Å². The van der Waals surface area contributed by atoms with E-state index in [1.54, 1.807) is 19.1 Å². The Morgan fingerprint density at radius 2 is 2.10 bits per heavy atom. The van der Waals surface area contributed by atoms with Crippen LogP contribution in [0.5, 0.6) is 0 Å². The van der Waals surface area contributed by atoms with Gasteiger partial charge in [-0.05, 0) is 43.9 Å². The maximum atomic E-state index is 11.5. The second-order valence-electron chi connectivity index (χ2n) is 5.52. The summed E-state index contributed by atoms with van der Waals surface area (Å²) in [4.78, 5) is 11.2. The highest BCUT2D eigenvalue weighted by atomic mass is 32.2. The Bertz CT molecular complexity index is 642. The van der Waals surface area contributed by atoms with Crippen molar-refractivity contribution >= 4 is 21.7 Å². The van der Waals surface area contributed by atoms with Gasteiger partial charge in [-0.3, -0.25) is 4.79 Å². The molecule has 7 heteroatoms. The van der Waals surface area contributed by atoms with Crippen molar-refractivity contribution in [3.63, 3.8) is 0 Å². The molecule has 4 N–H and O–H groups in total. The molecule has 0 spiro atoms. The topological polar surface area (TPSA) is 109 Å². The van der Waals surface area contributed by atoms with Crippen molar-refractivity contribution in [2.45, 2.75) is 43.5 Å². The molecule has 116 valence electrons. The first kappa shape index (κ1) is 15.8. The number of hydrogen-bond donors (Lipinski definition) is 3. The van der Waals surface area contributed by atoms with Gasteiger partial charge in [0, 0.05) is 11.7 Å². The van der Waals surface area contributed by atoms with E-state index in [-0.39, 0.29) is 16.9 Å². The molecule has 0 amide bonds. The van der Waals surface area contributed by atoms with E-state index in [2.05, 4.69) is 5.32 Å². The van der Waals surface area contributed by atoms with Gasteiger partial charge >= 0.3 is 5.97 Å². The van der Waals surface area contributed by atoms with E-state index >= 15 is 0 Å². The molecule has 1 aromatic carbocycles. The van der Waals surface area contributed by atoms with E-state index in [1.165, 1.54) is 6.07 Å². The van der Waals surface area contributed by atoms with E-state index in [1.807, 2.05) is 0 Å². The number of carboxylic acid groups (broad SMARTS) is 1. The van der Waals surface area contributed by atoms with Crippen LogP contribution in [-0.4, -0.2) is 25.5 Å². The van der Waals surface area contributed by atoms with Crippen LogP contribution in [0.1, 0.15) is 31.2 Å². The van der Waals surface area contributed by atoms with Gasteiger partial charge in [0.25, 0.3) is 0 Å². The zero-order valence-corrected chi connectivity index (χ0v) is 12.7. The fraction of sp³-hybridized carbons (Fsp3) is 0.500. The predicted molar refractivity (Wildman–Crippen MR) is 79.6 cm³/mol. The van der Waals surface area contributed by atoms with Gasteiger partial charge < -0.3 is 10.4 Å². The van der Waals surface area contributed by atoms with Crippen molar-refractivity contribution in [3.05, 3.63) is 23.8 Å². The van der Waals surface area contributed by atoms with Gasteiger partial charge in [-0.25, -0.2) is 13.6 Å². The van der Waals surface area contributed by atoms with Gasteiger partial charge in [0.2, 0.25) is 10.0 Å². The fourth-order valence-corrected chi connectivity index (χ4v) is 3.65. The third kappa shape index (κ3) is 3.74. The van der Waals surface area contributed by atoms with Crippen molar-refractivity contribution in [2.24, 2.45) is 11.1 Å². The lowest BCUT2D eigenvalue weighted by Gasteiger charge is -2.29. The summed E-state index contributed by atoms with van der Waals surface area (Å²) < 4.78 is 23.0. The van der Waals surface area contributed by atoms with Crippen LogP contribution in [0.2, 0.25) is 0 Å². The molecule has 1 aliphatic rings. The molecule has 2 rings (SSSR count). The van der Waals surface area contributed by atoms with Crippen molar-refractivity contribution < 1.29 is 18.3 Å². The van der Waals surface area contributed by atoms with Crippen LogP contribution in [0, 0.1) is 12.8 Å². The standard InChI is InChI=1S/C14H20N2O4S/c1-9-12(6-3-7-13(9)21(15,19)20)16-11-5-2-4-10(8-11)14(17)18/h3,6-7,10-11,16H,2,4-5,8H2,1H3,(H,17,18)(H2,15,19,20). The number of carboxylic acids is 1. The minimum Gasteiger partial charge on any atom is -0.481 e. The van der Waals surface area contributed by atoms with Gasteiger partial charge in [-0.15, -0.1) is 0 Å². The molecule has 21 heavy (non-hydrogen) atoms. The zero-order chi connectivity index (χ0) is 15.6. The van der Waals surface area contributed by atoms with Crippen LogP contribution in [0.4, 0.5) is 5.69 Å². The van der Waals surface area contributed by atoms with Crippen molar-refractivity contribution in [3.8, 4) is 0 Å². The summed E-state index contributed by atoms with van der Waals surface area (Å²) in [7, 11) is -3.76. The molecule has 0 bridgehead atoms. The van der Waals surface area contributed by atoms with Gasteiger partial charge in [-0.1, -0.05) is 12.5 Å². The van der Waals surface area contributed by atoms with Crippen molar-refractivity contribution in [1.29, 1.82) is 0 Å². The number of primary sulfonamides is 1. The summed E-state index contributed by atoms with van der Waals surface area (Å²) in [6.45, 7) is 1.69. The summed E-state index contributed by atoms with van der Waals surface area (Å²) in [5, 5.41) is 17.6. The van der Waals surface area contributed by atoms with Crippen molar-refractivity contribution in [2.75, 3.05) is 5.32 Å². The summed E-state index contributed by atoms with van der Waals surface area (Å²) in [5.41, 5.74) is 1.26. The summed E-state index contributed by atoms with van der Waals surface area (Å²) >= 11 is 0. The smallest absolute Gasteiger partial charge is 0.306 e. The van der Waals surface area contributed by atoms with Crippen LogP contribution in [0.3, 0.4) is 0 Å². The lowest BCUT2D eigenvalue weighted by atomic mass is 9.85. The number of sulfonamides is 1. The molecule has 2 atom stereocenters. The predicted octanol–water partition coefficient (Wildman–Crippen LogP) is 1.70. The average molecular weight is 312 g/mol. The molecule has 1 aliphatic carbocycles. The molecule has 0 radical (unpaired) electrons. The number of aliphatic carboxylic acids is 1. The van der Waals surface area contributed by atoms with E-state index in [4.69, 9.17) is 10.2 Å². The van der Waals surface area contributed by atoms with Crippen LogP contribution in [0.15, 0.2) is 23.1 Å². The van der Waals surface area contributed by atoms with Crippen molar-refractivity contribution in [1.82, 2.24) is 0 Å². The highest BCUT2D eigenvalue weighted by Gasteiger charge is 2.27. The Morgan fingerprint density at radius 3 is 2.71 bits per heavy atom. The molecule has 0 aromatic heterocycles. The van der Waals surface area contributed by atoms with E-state index in [0.29, 0.717) is 24.1 Å². The molecule has 1 saturated carbocycles. The lowest BCUT2D eigenvalue weighted by Crippen LogP contribution is -2.31. The van der Waals surface area contributed by atoms with Gasteiger partial charge in [-0.2, -0.15) is 0 Å². The second-order valence-corrected chi connectivity index (χ2v) is 7.05. The molecule has 1 fully saturated rings. The fourth-order valence-electron chi connectivity index (χ4n) is 2.84. The second kappa shape index (κ2) is 6.03. The Hall–Kier alpha value is -1.60. The first-order valence-corrected chi connectivity index (χ1v) is 8.45. The van der Waals surface area contributed by atoms with E-state index < -0.39 is 16.0 Å². The molecule has 2 unspecified atom stereocenters. The SMILES string of the molecule is Cc1c(NC2CCCC(C(=O)O)C2)cccc1S(N)(=O)=O. The first-order valence-electron chi connectivity index (χ1n) is 6.91. The lowest BCUT2D eigenvalue weighted by molar-refractivity contribution is -0.142. The Labute approximate surface area is 124 Å². The highest BCUT2D eigenvalue weighted by molar-refractivity contribution is 7.89. The number of nitrogens with two attached hydrogens (primary N) is 1. The summed E-state index contributed by atoms with van der Waals surface area (Å²) in [5.74, 6) is -1.10. The Morgan fingerprint density at radius 1 is 1.38 bits per heavy atom. The van der Waals surface area contributed by atoms with Crippen LogP contribution >= 0.6 is 0 Å². The largest absolute Gasteiger partial charge is 0.481 e. The highest BCUT2D eigenvalue weighted by Crippen LogP contribution is 2.29. The number of carbonyl (C=O) groups is 1. The minimum atomic E-state index is -3.76. The third-order valence-electron chi connectivity index (χ3n) is 3.97. The number of anilines is 1. The van der Waals surface area contributed by atoms with E-state index in [0.717, 1.165) is 12.8 Å². The van der Waals surface area contributed by atoms with Gasteiger partial charge in [0.05, 0.1) is 10.8 Å². The maximum absolute atomic E-state index is 11.5. The zero-order valence-electron chi connectivity index (χ0n) is 11.9. The first-order chi connectivity index (χ1) is 9.79. The molecule has 0 saturated heterocycles. The Kier molecular flexibility index (Phi) is 4.53. The molecule has 0 heterocycles. The third-order valence-corrected chi connectivity index (χ3v) is 5.03. The number of rotatable bonds is 4. The van der Waals surface area contributed by atoms with Gasteiger partial charge in [0.15, 0.2) is 0 Å². The Balaban J connectivity index is 2.19. The molecular weight excluding hydrogens is 292 g/mol. The summed E-state index contributed by atoms with van der Waals surface area (Å²) in [6, 6.07) is 4.92. The number of hydrogen-bond acceptors (Lipinski definition) is 4.